The van der Waals surface area contributed by atoms with Crippen LogP contribution in [0, 0.1) is 6.92 Å². The molecule has 0 amide bonds. The van der Waals surface area contributed by atoms with Crippen molar-refractivity contribution in [3.8, 4) is 11.3 Å². The molecular weight excluding hydrogens is 382 g/mol. The van der Waals surface area contributed by atoms with Gasteiger partial charge in [0.25, 0.3) is 0 Å². The Labute approximate surface area is 154 Å². The number of hydrogen-bond acceptors (Lipinski definition) is 6. The highest BCUT2D eigenvalue weighted by molar-refractivity contribution is 9.10. The van der Waals surface area contributed by atoms with Crippen LogP contribution in [0.5, 0.6) is 0 Å². The average molecular weight is 400 g/mol. The van der Waals surface area contributed by atoms with Gasteiger partial charge in [-0.05, 0) is 52.7 Å². The molecule has 7 heteroatoms. The van der Waals surface area contributed by atoms with Crippen LogP contribution in [0.2, 0.25) is 0 Å². The van der Waals surface area contributed by atoms with Crippen LogP contribution >= 0.6 is 15.9 Å². The number of rotatable bonds is 6. The Morgan fingerprint density at radius 3 is 2.60 bits per heavy atom. The monoisotopic (exact) mass is 399 g/mol. The molecule has 0 aliphatic rings. The number of anilines is 3. The SMILES string of the molecule is Cc1ccc(Nc2cc(-c3ccncc3)nc(NCCO)n2)c(Br)c1. The molecule has 25 heavy (non-hydrogen) atoms. The van der Waals surface area contributed by atoms with E-state index in [2.05, 4.69) is 41.5 Å². The topological polar surface area (TPSA) is 83.0 Å². The van der Waals surface area contributed by atoms with E-state index in [0.717, 1.165) is 21.4 Å². The largest absolute Gasteiger partial charge is 0.395 e. The second-order valence-corrected chi connectivity index (χ2v) is 6.31. The number of halogens is 1. The normalized spacial score (nSPS) is 10.5. The van der Waals surface area contributed by atoms with Gasteiger partial charge >= 0.3 is 0 Å². The Bertz CT molecular complexity index is 857. The van der Waals surface area contributed by atoms with Crippen molar-refractivity contribution in [2.45, 2.75) is 6.92 Å². The van der Waals surface area contributed by atoms with Gasteiger partial charge < -0.3 is 15.7 Å². The predicted molar refractivity (Wildman–Crippen MR) is 103 cm³/mol. The van der Waals surface area contributed by atoms with Crippen LogP contribution in [0.25, 0.3) is 11.3 Å². The van der Waals surface area contributed by atoms with Crippen molar-refractivity contribution in [2.75, 3.05) is 23.8 Å². The first kappa shape index (κ1) is 17.3. The molecule has 3 rings (SSSR count). The third-order valence-corrected chi connectivity index (χ3v) is 4.14. The molecule has 128 valence electrons. The summed E-state index contributed by atoms with van der Waals surface area (Å²) in [7, 11) is 0. The number of nitrogens with zero attached hydrogens (tertiary/aromatic N) is 3. The quantitative estimate of drug-likeness (QED) is 0.585. The molecule has 1 aromatic carbocycles. The van der Waals surface area contributed by atoms with Crippen LogP contribution in [0.4, 0.5) is 17.5 Å². The fourth-order valence-corrected chi connectivity index (χ4v) is 2.88. The van der Waals surface area contributed by atoms with Gasteiger partial charge in [0.15, 0.2) is 0 Å². The standard InChI is InChI=1S/C18H18BrN5O/c1-12-2-3-15(14(19)10-12)22-17-11-16(13-4-6-20-7-5-13)23-18(24-17)21-8-9-25/h2-7,10-11,25H,8-9H2,1H3,(H2,21,22,23,24). The van der Waals surface area contributed by atoms with E-state index in [1.54, 1.807) is 12.4 Å². The molecule has 0 radical (unpaired) electrons. The molecule has 0 saturated heterocycles. The van der Waals surface area contributed by atoms with Crippen LogP contribution in [-0.2, 0) is 0 Å². The predicted octanol–water partition coefficient (Wildman–Crippen LogP) is 3.76. The van der Waals surface area contributed by atoms with E-state index in [4.69, 9.17) is 5.11 Å². The zero-order valence-corrected chi connectivity index (χ0v) is 15.3. The van der Waals surface area contributed by atoms with Crippen LogP contribution in [0.3, 0.4) is 0 Å². The smallest absolute Gasteiger partial charge is 0.225 e. The summed E-state index contributed by atoms with van der Waals surface area (Å²) in [5.74, 6) is 1.11. The van der Waals surface area contributed by atoms with Crippen molar-refractivity contribution in [3.05, 3.63) is 58.8 Å². The number of aromatic nitrogens is 3. The van der Waals surface area contributed by atoms with Gasteiger partial charge in [-0.1, -0.05) is 6.07 Å². The van der Waals surface area contributed by atoms with Crippen LogP contribution in [-0.4, -0.2) is 33.2 Å². The number of aryl methyl sites for hydroxylation is 1. The molecule has 0 spiro atoms. The minimum absolute atomic E-state index is 0.00904. The zero-order chi connectivity index (χ0) is 17.6. The second kappa shape index (κ2) is 8.04. The molecule has 0 aliphatic heterocycles. The van der Waals surface area contributed by atoms with Crippen LogP contribution in [0.1, 0.15) is 5.56 Å². The van der Waals surface area contributed by atoms with Crippen molar-refractivity contribution in [1.82, 2.24) is 15.0 Å². The van der Waals surface area contributed by atoms with E-state index in [0.29, 0.717) is 18.3 Å². The lowest BCUT2D eigenvalue weighted by atomic mass is 10.2. The molecule has 3 aromatic rings. The Morgan fingerprint density at radius 1 is 1.08 bits per heavy atom. The summed E-state index contributed by atoms with van der Waals surface area (Å²) in [5.41, 5.74) is 3.79. The number of benzene rings is 1. The van der Waals surface area contributed by atoms with E-state index < -0.39 is 0 Å². The van der Waals surface area contributed by atoms with Crippen molar-refractivity contribution in [3.63, 3.8) is 0 Å². The Kier molecular flexibility index (Phi) is 5.57. The lowest BCUT2D eigenvalue weighted by Gasteiger charge is -2.12. The molecule has 3 N–H and O–H groups in total. The molecule has 0 atom stereocenters. The third-order valence-electron chi connectivity index (χ3n) is 3.48. The Balaban J connectivity index is 1.96. The van der Waals surface area contributed by atoms with Gasteiger partial charge in [-0.25, -0.2) is 4.98 Å². The molecule has 0 fully saturated rings. The van der Waals surface area contributed by atoms with Crippen LogP contribution < -0.4 is 10.6 Å². The number of aliphatic hydroxyl groups is 1. The van der Waals surface area contributed by atoms with Gasteiger partial charge in [0, 0.05) is 35.0 Å². The summed E-state index contributed by atoms with van der Waals surface area (Å²) in [6.45, 7) is 2.43. The first-order valence-electron chi connectivity index (χ1n) is 7.83. The van der Waals surface area contributed by atoms with Gasteiger partial charge in [-0.15, -0.1) is 0 Å². The van der Waals surface area contributed by atoms with Gasteiger partial charge in [-0.3, -0.25) is 4.98 Å². The molecule has 0 saturated carbocycles. The van der Waals surface area contributed by atoms with Gasteiger partial charge in [-0.2, -0.15) is 4.98 Å². The maximum atomic E-state index is 9.03. The van der Waals surface area contributed by atoms with Gasteiger partial charge in [0.2, 0.25) is 5.95 Å². The molecule has 0 unspecified atom stereocenters. The molecule has 2 aromatic heterocycles. The van der Waals surface area contributed by atoms with Crippen molar-refractivity contribution < 1.29 is 5.11 Å². The minimum Gasteiger partial charge on any atom is -0.395 e. The Hall–Kier alpha value is -2.51. The molecule has 0 bridgehead atoms. The first-order chi connectivity index (χ1) is 12.2. The summed E-state index contributed by atoms with van der Waals surface area (Å²) in [5, 5.41) is 15.4. The minimum atomic E-state index is 0.00904. The number of hydrogen-bond donors (Lipinski definition) is 3. The summed E-state index contributed by atoms with van der Waals surface area (Å²) in [4.78, 5) is 13.0. The highest BCUT2D eigenvalue weighted by Gasteiger charge is 2.08. The summed E-state index contributed by atoms with van der Waals surface area (Å²) >= 11 is 3.57. The van der Waals surface area contributed by atoms with Crippen LogP contribution in [0.15, 0.2) is 53.3 Å². The van der Waals surface area contributed by atoms with Gasteiger partial charge in [0.05, 0.1) is 18.0 Å². The fraction of sp³-hybridized carbons (Fsp3) is 0.167. The molecule has 6 nitrogen and oxygen atoms in total. The molecule has 0 aliphatic carbocycles. The molecular formula is C18H18BrN5O. The lowest BCUT2D eigenvalue weighted by Crippen LogP contribution is -2.10. The average Bonchev–Trinajstić information content (AvgIpc) is 2.63. The van der Waals surface area contributed by atoms with Crippen molar-refractivity contribution in [1.29, 1.82) is 0 Å². The van der Waals surface area contributed by atoms with Crippen molar-refractivity contribution in [2.24, 2.45) is 0 Å². The van der Waals surface area contributed by atoms with E-state index in [9.17, 15) is 0 Å². The number of aliphatic hydroxyl groups excluding tert-OH is 1. The lowest BCUT2D eigenvalue weighted by molar-refractivity contribution is 0.311. The highest BCUT2D eigenvalue weighted by atomic mass is 79.9. The maximum absolute atomic E-state index is 9.03. The zero-order valence-electron chi connectivity index (χ0n) is 13.7. The second-order valence-electron chi connectivity index (χ2n) is 5.46. The third kappa shape index (κ3) is 4.52. The Morgan fingerprint density at radius 2 is 1.88 bits per heavy atom. The number of nitrogens with one attached hydrogen (secondary N) is 2. The van der Waals surface area contributed by atoms with E-state index in [-0.39, 0.29) is 6.61 Å². The number of pyridine rings is 1. The fourth-order valence-electron chi connectivity index (χ4n) is 2.29. The van der Waals surface area contributed by atoms with E-state index in [1.807, 2.05) is 43.3 Å². The first-order valence-corrected chi connectivity index (χ1v) is 8.62. The summed E-state index contributed by atoms with van der Waals surface area (Å²) < 4.78 is 0.960. The highest BCUT2D eigenvalue weighted by Crippen LogP contribution is 2.28. The summed E-state index contributed by atoms with van der Waals surface area (Å²) in [6.07, 6.45) is 3.45. The molecule has 2 heterocycles. The maximum Gasteiger partial charge on any atom is 0.225 e. The van der Waals surface area contributed by atoms with E-state index in [1.165, 1.54) is 5.56 Å². The van der Waals surface area contributed by atoms with Gasteiger partial charge in [0.1, 0.15) is 5.82 Å². The van der Waals surface area contributed by atoms with E-state index >= 15 is 0 Å². The van der Waals surface area contributed by atoms with Crippen molar-refractivity contribution >= 4 is 33.4 Å². The summed E-state index contributed by atoms with van der Waals surface area (Å²) in [6, 6.07) is 11.7.